The Bertz CT molecular complexity index is 438. The van der Waals surface area contributed by atoms with Crippen LogP contribution in [-0.2, 0) is 0 Å². The molecule has 1 aliphatic carbocycles. The van der Waals surface area contributed by atoms with Crippen LogP contribution in [0.4, 0.5) is 0 Å². The average Bonchev–Trinajstić information content (AvgIpc) is 2.47. The highest BCUT2D eigenvalue weighted by molar-refractivity contribution is 8.00. The number of thioether (sulfide) groups is 1. The normalized spacial score (nSPS) is 26.2. The monoisotopic (exact) mass is 279 g/mol. The SMILES string of the molecule is CNC1CCCC(Sc2ccc3c(c2)OCCO3)C1. The number of rotatable bonds is 3. The minimum atomic E-state index is 0.659. The van der Waals surface area contributed by atoms with E-state index in [0.717, 1.165) is 11.5 Å². The molecule has 0 bridgehead atoms. The third-order valence-electron chi connectivity index (χ3n) is 3.85. The van der Waals surface area contributed by atoms with Gasteiger partial charge in [-0.2, -0.15) is 0 Å². The average molecular weight is 279 g/mol. The Morgan fingerprint density at radius 2 is 2.00 bits per heavy atom. The van der Waals surface area contributed by atoms with E-state index in [-0.39, 0.29) is 0 Å². The van der Waals surface area contributed by atoms with Crippen molar-refractivity contribution >= 4 is 11.8 Å². The third kappa shape index (κ3) is 3.18. The molecule has 1 aromatic rings. The number of hydrogen-bond donors (Lipinski definition) is 1. The molecule has 1 aromatic carbocycles. The largest absolute Gasteiger partial charge is 0.486 e. The van der Waals surface area contributed by atoms with Gasteiger partial charge in [-0.25, -0.2) is 0 Å². The Balaban J connectivity index is 1.66. The van der Waals surface area contributed by atoms with Gasteiger partial charge in [0.25, 0.3) is 0 Å². The van der Waals surface area contributed by atoms with Gasteiger partial charge in [0.2, 0.25) is 0 Å². The van der Waals surface area contributed by atoms with E-state index >= 15 is 0 Å². The molecule has 4 heteroatoms. The van der Waals surface area contributed by atoms with Crippen molar-refractivity contribution in [3.63, 3.8) is 0 Å². The van der Waals surface area contributed by atoms with Crippen molar-refractivity contribution in [3.8, 4) is 11.5 Å². The Morgan fingerprint density at radius 3 is 2.84 bits per heavy atom. The van der Waals surface area contributed by atoms with Crippen LogP contribution < -0.4 is 14.8 Å². The zero-order valence-corrected chi connectivity index (χ0v) is 12.2. The lowest BCUT2D eigenvalue weighted by molar-refractivity contribution is 0.171. The molecule has 3 rings (SSSR count). The number of hydrogen-bond acceptors (Lipinski definition) is 4. The molecule has 2 unspecified atom stereocenters. The quantitative estimate of drug-likeness (QED) is 0.921. The maximum Gasteiger partial charge on any atom is 0.162 e. The number of fused-ring (bicyclic) bond motifs is 1. The van der Waals surface area contributed by atoms with E-state index in [9.17, 15) is 0 Å². The van der Waals surface area contributed by atoms with Crippen molar-refractivity contribution in [3.05, 3.63) is 18.2 Å². The Kier molecular flexibility index (Phi) is 4.18. The molecule has 1 aliphatic heterocycles. The van der Waals surface area contributed by atoms with Crippen LogP contribution in [0.25, 0.3) is 0 Å². The van der Waals surface area contributed by atoms with Crippen molar-refractivity contribution in [1.82, 2.24) is 5.32 Å². The molecule has 2 atom stereocenters. The summed E-state index contributed by atoms with van der Waals surface area (Å²) < 4.78 is 11.2. The van der Waals surface area contributed by atoms with Crippen LogP contribution >= 0.6 is 11.8 Å². The van der Waals surface area contributed by atoms with Gasteiger partial charge in [0.05, 0.1) is 0 Å². The minimum absolute atomic E-state index is 0.659. The molecule has 2 aliphatic rings. The van der Waals surface area contributed by atoms with Gasteiger partial charge in [-0.1, -0.05) is 6.42 Å². The number of benzene rings is 1. The van der Waals surface area contributed by atoms with E-state index in [2.05, 4.69) is 24.5 Å². The molecule has 0 radical (unpaired) electrons. The highest BCUT2D eigenvalue weighted by atomic mass is 32.2. The van der Waals surface area contributed by atoms with Gasteiger partial charge in [0.15, 0.2) is 11.5 Å². The molecule has 19 heavy (non-hydrogen) atoms. The summed E-state index contributed by atoms with van der Waals surface area (Å²) in [5.74, 6) is 1.78. The summed E-state index contributed by atoms with van der Waals surface area (Å²) in [6.07, 6.45) is 5.22. The van der Waals surface area contributed by atoms with Crippen LogP contribution in [0.5, 0.6) is 11.5 Å². The Labute approximate surface area is 119 Å². The first-order valence-electron chi connectivity index (χ1n) is 7.09. The second kappa shape index (κ2) is 6.06. The standard InChI is InChI=1S/C15H21NO2S/c1-16-11-3-2-4-12(9-11)19-13-5-6-14-15(10-13)18-8-7-17-14/h5-6,10-12,16H,2-4,7-9H2,1H3. The van der Waals surface area contributed by atoms with Gasteiger partial charge in [-0.15, -0.1) is 11.8 Å². The molecule has 1 heterocycles. The lowest BCUT2D eigenvalue weighted by Gasteiger charge is -2.28. The second-order valence-corrected chi connectivity index (χ2v) is 6.57. The molecule has 0 saturated heterocycles. The summed E-state index contributed by atoms with van der Waals surface area (Å²) in [5, 5.41) is 4.13. The van der Waals surface area contributed by atoms with Crippen LogP contribution in [0.1, 0.15) is 25.7 Å². The Hall–Kier alpha value is -0.870. The lowest BCUT2D eigenvalue weighted by atomic mass is 9.95. The van der Waals surface area contributed by atoms with Crippen molar-refractivity contribution in [1.29, 1.82) is 0 Å². The lowest BCUT2D eigenvalue weighted by Crippen LogP contribution is -2.32. The predicted octanol–water partition coefficient (Wildman–Crippen LogP) is 3.08. The summed E-state index contributed by atoms with van der Waals surface area (Å²) in [5.41, 5.74) is 0. The fourth-order valence-electron chi connectivity index (χ4n) is 2.80. The molecular formula is C15H21NO2S. The van der Waals surface area contributed by atoms with Crippen molar-refractivity contribution in [2.75, 3.05) is 20.3 Å². The molecule has 0 amide bonds. The first kappa shape index (κ1) is 13.1. The highest BCUT2D eigenvalue weighted by Crippen LogP contribution is 2.38. The first-order valence-corrected chi connectivity index (χ1v) is 7.96. The molecule has 1 fully saturated rings. The van der Waals surface area contributed by atoms with Crippen LogP contribution in [0.2, 0.25) is 0 Å². The molecule has 0 aromatic heterocycles. The second-order valence-electron chi connectivity index (χ2n) is 5.20. The van der Waals surface area contributed by atoms with Gasteiger partial charge in [0, 0.05) is 16.2 Å². The maximum atomic E-state index is 5.64. The van der Waals surface area contributed by atoms with Crippen LogP contribution in [0, 0.1) is 0 Å². The van der Waals surface area contributed by atoms with Crippen molar-refractivity contribution in [2.45, 2.75) is 41.9 Å². The van der Waals surface area contributed by atoms with Crippen molar-refractivity contribution < 1.29 is 9.47 Å². The third-order valence-corrected chi connectivity index (χ3v) is 5.14. The number of nitrogens with one attached hydrogen (secondary N) is 1. The van der Waals surface area contributed by atoms with E-state index < -0.39 is 0 Å². The summed E-state index contributed by atoms with van der Waals surface area (Å²) in [6, 6.07) is 7.00. The zero-order valence-electron chi connectivity index (χ0n) is 11.4. The van der Waals surface area contributed by atoms with E-state index in [1.807, 2.05) is 17.8 Å². The van der Waals surface area contributed by atoms with Gasteiger partial charge in [-0.3, -0.25) is 0 Å². The van der Waals surface area contributed by atoms with Gasteiger partial charge in [-0.05, 0) is 44.5 Å². The molecule has 1 N–H and O–H groups in total. The predicted molar refractivity (Wildman–Crippen MR) is 78.4 cm³/mol. The van der Waals surface area contributed by atoms with Gasteiger partial charge < -0.3 is 14.8 Å². The topological polar surface area (TPSA) is 30.5 Å². The maximum absolute atomic E-state index is 5.64. The fourth-order valence-corrected chi connectivity index (χ4v) is 4.12. The first-order chi connectivity index (χ1) is 9.35. The van der Waals surface area contributed by atoms with Crippen LogP contribution in [0.15, 0.2) is 23.1 Å². The van der Waals surface area contributed by atoms with Gasteiger partial charge in [0.1, 0.15) is 13.2 Å². The molecule has 1 saturated carbocycles. The van der Waals surface area contributed by atoms with E-state index in [0.29, 0.717) is 24.5 Å². The van der Waals surface area contributed by atoms with E-state index in [1.165, 1.54) is 30.6 Å². The van der Waals surface area contributed by atoms with E-state index in [4.69, 9.17) is 9.47 Å². The summed E-state index contributed by atoms with van der Waals surface area (Å²) in [4.78, 5) is 1.30. The summed E-state index contributed by atoms with van der Waals surface area (Å²) >= 11 is 1.98. The van der Waals surface area contributed by atoms with Crippen LogP contribution in [0.3, 0.4) is 0 Å². The van der Waals surface area contributed by atoms with Gasteiger partial charge >= 0.3 is 0 Å². The molecule has 104 valence electrons. The Morgan fingerprint density at radius 1 is 1.16 bits per heavy atom. The summed E-state index contributed by atoms with van der Waals surface area (Å²) in [7, 11) is 2.07. The summed E-state index contributed by atoms with van der Waals surface area (Å²) in [6.45, 7) is 1.32. The molecular weight excluding hydrogens is 258 g/mol. The highest BCUT2D eigenvalue weighted by Gasteiger charge is 2.22. The fraction of sp³-hybridized carbons (Fsp3) is 0.600. The smallest absolute Gasteiger partial charge is 0.162 e. The molecule has 0 spiro atoms. The molecule has 3 nitrogen and oxygen atoms in total. The van der Waals surface area contributed by atoms with Crippen molar-refractivity contribution in [2.24, 2.45) is 0 Å². The zero-order chi connectivity index (χ0) is 13.1. The minimum Gasteiger partial charge on any atom is -0.486 e. The van der Waals surface area contributed by atoms with E-state index in [1.54, 1.807) is 0 Å². The number of ether oxygens (including phenoxy) is 2. The van der Waals surface area contributed by atoms with Crippen LogP contribution in [-0.4, -0.2) is 31.6 Å².